The molecule has 1 fully saturated rings. The lowest BCUT2D eigenvalue weighted by Gasteiger charge is -2.23. The standard InChI is InChI=1S/C10H21NOS/c1-8(7-12-2)11-9-5-4-6-10(9)13-3/h8-11H,4-7H2,1-3H3. The van der Waals surface area contributed by atoms with Crippen LogP contribution < -0.4 is 5.32 Å². The van der Waals surface area contributed by atoms with Gasteiger partial charge in [0.2, 0.25) is 0 Å². The Kier molecular flexibility index (Phi) is 5.14. The van der Waals surface area contributed by atoms with Crippen molar-refractivity contribution in [3.8, 4) is 0 Å². The number of thioether (sulfide) groups is 1. The lowest BCUT2D eigenvalue weighted by molar-refractivity contribution is 0.167. The second kappa shape index (κ2) is 5.89. The van der Waals surface area contributed by atoms with E-state index in [2.05, 4.69) is 18.5 Å². The average Bonchev–Trinajstić information content (AvgIpc) is 2.52. The third kappa shape index (κ3) is 3.49. The van der Waals surface area contributed by atoms with Crippen molar-refractivity contribution in [1.82, 2.24) is 5.32 Å². The highest BCUT2D eigenvalue weighted by molar-refractivity contribution is 7.99. The lowest BCUT2D eigenvalue weighted by Crippen LogP contribution is -2.42. The third-order valence-electron chi connectivity index (χ3n) is 2.67. The summed E-state index contributed by atoms with van der Waals surface area (Å²) in [7, 11) is 1.76. The van der Waals surface area contributed by atoms with Crippen LogP contribution in [0.25, 0.3) is 0 Å². The summed E-state index contributed by atoms with van der Waals surface area (Å²) in [5.74, 6) is 0. The summed E-state index contributed by atoms with van der Waals surface area (Å²) in [6.45, 7) is 3.01. The van der Waals surface area contributed by atoms with Crippen LogP contribution in [-0.4, -0.2) is 37.3 Å². The number of ether oxygens (including phenoxy) is 1. The Balaban J connectivity index is 2.26. The Bertz CT molecular complexity index is 143. The van der Waals surface area contributed by atoms with Crippen molar-refractivity contribution in [2.75, 3.05) is 20.0 Å². The van der Waals surface area contributed by atoms with E-state index >= 15 is 0 Å². The van der Waals surface area contributed by atoms with Crippen LogP contribution in [0.4, 0.5) is 0 Å². The second-order valence-electron chi connectivity index (χ2n) is 3.83. The van der Waals surface area contributed by atoms with E-state index in [-0.39, 0.29) is 0 Å². The monoisotopic (exact) mass is 203 g/mol. The molecule has 1 rings (SSSR count). The highest BCUT2D eigenvalue weighted by Crippen LogP contribution is 2.28. The second-order valence-corrected chi connectivity index (χ2v) is 4.91. The van der Waals surface area contributed by atoms with E-state index in [0.717, 1.165) is 11.9 Å². The molecule has 0 saturated heterocycles. The fraction of sp³-hybridized carbons (Fsp3) is 1.00. The van der Waals surface area contributed by atoms with Gasteiger partial charge in [0, 0.05) is 24.4 Å². The largest absolute Gasteiger partial charge is 0.383 e. The smallest absolute Gasteiger partial charge is 0.0613 e. The van der Waals surface area contributed by atoms with Gasteiger partial charge in [-0.15, -0.1) is 0 Å². The fourth-order valence-electron chi connectivity index (χ4n) is 2.06. The van der Waals surface area contributed by atoms with Crippen molar-refractivity contribution < 1.29 is 4.74 Å². The van der Waals surface area contributed by atoms with Crippen LogP contribution in [0.5, 0.6) is 0 Å². The summed E-state index contributed by atoms with van der Waals surface area (Å²) in [6.07, 6.45) is 6.30. The van der Waals surface area contributed by atoms with Gasteiger partial charge in [-0.2, -0.15) is 11.8 Å². The number of hydrogen-bond acceptors (Lipinski definition) is 3. The van der Waals surface area contributed by atoms with Crippen LogP contribution in [0.15, 0.2) is 0 Å². The van der Waals surface area contributed by atoms with Gasteiger partial charge in [0.25, 0.3) is 0 Å². The van der Waals surface area contributed by atoms with Crippen molar-refractivity contribution in [3.05, 3.63) is 0 Å². The molecular formula is C10H21NOS. The van der Waals surface area contributed by atoms with E-state index in [1.54, 1.807) is 7.11 Å². The number of hydrogen-bond donors (Lipinski definition) is 1. The maximum atomic E-state index is 5.11. The maximum absolute atomic E-state index is 5.11. The highest BCUT2D eigenvalue weighted by atomic mass is 32.2. The molecule has 0 aliphatic heterocycles. The predicted molar refractivity (Wildman–Crippen MR) is 59.4 cm³/mol. The molecule has 3 unspecified atom stereocenters. The molecular weight excluding hydrogens is 182 g/mol. The fourth-order valence-corrected chi connectivity index (χ4v) is 3.01. The summed E-state index contributed by atoms with van der Waals surface area (Å²) in [4.78, 5) is 0. The summed E-state index contributed by atoms with van der Waals surface area (Å²) in [6, 6.07) is 1.20. The lowest BCUT2D eigenvalue weighted by atomic mass is 10.2. The zero-order valence-electron chi connectivity index (χ0n) is 8.88. The molecule has 13 heavy (non-hydrogen) atoms. The third-order valence-corrected chi connectivity index (χ3v) is 3.84. The molecule has 3 heteroatoms. The molecule has 1 aliphatic rings. The van der Waals surface area contributed by atoms with E-state index in [1.807, 2.05) is 11.8 Å². The Morgan fingerprint density at radius 2 is 2.31 bits per heavy atom. The Morgan fingerprint density at radius 1 is 1.54 bits per heavy atom. The zero-order valence-corrected chi connectivity index (χ0v) is 9.69. The SMILES string of the molecule is COCC(C)NC1CCCC1SC. The number of nitrogens with one attached hydrogen (secondary N) is 1. The molecule has 1 aliphatic carbocycles. The average molecular weight is 203 g/mol. The van der Waals surface area contributed by atoms with Crippen LogP contribution in [0, 0.1) is 0 Å². The van der Waals surface area contributed by atoms with E-state index in [9.17, 15) is 0 Å². The van der Waals surface area contributed by atoms with Crippen molar-refractivity contribution in [1.29, 1.82) is 0 Å². The predicted octanol–water partition coefficient (Wildman–Crippen LogP) is 1.89. The minimum Gasteiger partial charge on any atom is -0.383 e. The van der Waals surface area contributed by atoms with Crippen molar-refractivity contribution in [2.24, 2.45) is 0 Å². The van der Waals surface area contributed by atoms with E-state index in [4.69, 9.17) is 4.74 Å². The van der Waals surface area contributed by atoms with Crippen LogP contribution in [0.3, 0.4) is 0 Å². The van der Waals surface area contributed by atoms with Gasteiger partial charge in [0.05, 0.1) is 6.61 Å². The van der Waals surface area contributed by atoms with Gasteiger partial charge >= 0.3 is 0 Å². The molecule has 0 heterocycles. The molecule has 0 bridgehead atoms. The van der Waals surface area contributed by atoms with Gasteiger partial charge in [0.1, 0.15) is 0 Å². The molecule has 78 valence electrons. The van der Waals surface area contributed by atoms with Gasteiger partial charge < -0.3 is 10.1 Å². The topological polar surface area (TPSA) is 21.3 Å². The van der Waals surface area contributed by atoms with E-state index in [1.165, 1.54) is 19.3 Å². The van der Waals surface area contributed by atoms with Crippen LogP contribution in [-0.2, 0) is 4.74 Å². The molecule has 0 aromatic heterocycles. The maximum Gasteiger partial charge on any atom is 0.0613 e. The first kappa shape index (κ1) is 11.3. The van der Waals surface area contributed by atoms with Gasteiger partial charge in [-0.3, -0.25) is 0 Å². The minimum atomic E-state index is 0.489. The van der Waals surface area contributed by atoms with E-state index < -0.39 is 0 Å². The Morgan fingerprint density at radius 3 is 2.92 bits per heavy atom. The molecule has 0 aromatic rings. The number of methoxy groups -OCH3 is 1. The van der Waals surface area contributed by atoms with Crippen LogP contribution in [0.1, 0.15) is 26.2 Å². The van der Waals surface area contributed by atoms with Gasteiger partial charge in [-0.1, -0.05) is 6.42 Å². The summed E-state index contributed by atoms with van der Waals surface area (Å²) in [5.41, 5.74) is 0. The molecule has 0 spiro atoms. The minimum absolute atomic E-state index is 0.489. The summed E-state index contributed by atoms with van der Waals surface area (Å²) < 4.78 is 5.11. The Hall–Kier alpha value is 0.270. The molecule has 0 radical (unpaired) electrons. The summed E-state index contributed by atoms with van der Waals surface area (Å²) >= 11 is 2.00. The van der Waals surface area contributed by atoms with Crippen LogP contribution >= 0.6 is 11.8 Å². The van der Waals surface area contributed by atoms with Crippen molar-refractivity contribution >= 4 is 11.8 Å². The Labute approximate surface area is 85.8 Å². The van der Waals surface area contributed by atoms with Crippen molar-refractivity contribution in [3.63, 3.8) is 0 Å². The molecule has 0 aromatic carbocycles. The zero-order chi connectivity index (χ0) is 9.68. The molecule has 2 nitrogen and oxygen atoms in total. The van der Waals surface area contributed by atoms with E-state index in [0.29, 0.717) is 12.1 Å². The molecule has 1 N–H and O–H groups in total. The molecule has 1 saturated carbocycles. The van der Waals surface area contributed by atoms with Crippen molar-refractivity contribution in [2.45, 2.75) is 43.5 Å². The first-order valence-corrected chi connectivity index (χ1v) is 6.34. The van der Waals surface area contributed by atoms with Crippen LogP contribution in [0.2, 0.25) is 0 Å². The van der Waals surface area contributed by atoms with Gasteiger partial charge in [-0.05, 0) is 26.0 Å². The molecule has 3 atom stereocenters. The highest BCUT2D eigenvalue weighted by Gasteiger charge is 2.26. The summed E-state index contributed by atoms with van der Waals surface area (Å²) in [5, 5.41) is 4.45. The number of rotatable bonds is 5. The molecule has 0 amide bonds. The first-order valence-electron chi connectivity index (χ1n) is 5.05. The van der Waals surface area contributed by atoms with Gasteiger partial charge in [-0.25, -0.2) is 0 Å². The normalized spacial score (nSPS) is 30.7. The van der Waals surface area contributed by atoms with Gasteiger partial charge in [0.15, 0.2) is 0 Å². The first-order chi connectivity index (χ1) is 6.27. The quantitative estimate of drug-likeness (QED) is 0.737.